The Morgan fingerprint density at radius 1 is 0.970 bits per heavy atom. The van der Waals surface area contributed by atoms with E-state index >= 15 is 0 Å². The summed E-state index contributed by atoms with van der Waals surface area (Å²) < 4.78 is 83.2. The fourth-order valence-electron chi connectivity index (χ4n) is 2.73. The number of hydrogen-bond donors (Lipinski definition) is 1. The maximum Gasteiger partial charge on any atom is 0.435 e. The van der Waals surface area contributed by atoms with Crippen molar-refractivity contribution in [3.8, 4) is 11.4 Å². The maximum atomic E-state index is 13.2. The summed E-state index contributed by atoms with van der Waals surface area (Å²) >= 11 is 5.83. The number of aromatic nitrogens is 2. The number of rotatable bonds is 4. The summed E-state index contributed by atoms with van der Waals surface area (Å²) in [4.78, 5) is 23.8. The van der Waals surface area contributed by atoms with Crippen LogP contribution in [0.4, 0.5) is 32.0 Å². The van der Waals surface area contributed by atoms with E-state index in [1.165, 1.54) is 30.3 Å². The molecule has 0 aliphatic heterocycles. The monoisotopic (exact) mass is 491 g/mol. The van der Waals surface area contributed by atoms with Crippen molar-refractivity contribution < 1.29 is 40.7 Å². The minimum absolute atomic E-state index is 0.0556. The van der Waals surface area contributed by atoms with Crippen molar-refractivity contribution in [2.75, 3.05) is 5.32 Å². The lowest BCUT2D eigenvalue weighted by Crippen LogP contribution is -2.15. The second-order valence-corrected chi connectivity index (χ2v) is 6.99. The average Bonchev–Trinajstić information content (AvgIpc) is 3.14. The van der Waals surface area contributed by atoms with Gasteiger partial charge in [0.15, 0.2) is 5.69 Å². The Bertz CT molecular complexity index is 1200. The van der Waals surface area contributed by atoms with Gasteiger partial charge in [-0.25, -0.2) is 4.68 Å². The van der Waals surface area contributed by atoms with Crippen LogP contribution in [0.1, 0.15) is 28.7 Å². The Balaban J connectivity index is 1.89. The van der Waals surface area contributed by atoms with Gasteiger partial charge in [0.1, 0.15) is 11.4 Å². The molecule has 0 fully saturated rings. The van der Waals surface area contributed by atoms with Crippen LogP contribution in [0.25, 0.3) is 5.69 Å². The van der Waals surface area contributed by atoms with E-state index in [9.17, 15) is 35.9 Å². The van der Waals surface area contributed by atoms with Crippen molar-refractivity contribution in [2.24, 2.45) is 0 Å². The number of nitrogens with one attached hydrogen (secondary N) is 1. The highest BCUT2D eigenvalue weighted by molar-refractivity contribution is 6.31. The Morgan fingerprint density at radius 3 is 2.15 bits per heavy atom. The molecule has 174 valence electrons. The molecule has 0 saturated carbocycles. The fourth-order valence-corrected chi connectivity index (χ4v) is 2.89. The van der Waals surface area contributed by atoms with Crippen molar-refractivity contribution in [2.45, 2.75) is 19.3 Å². The predicted molar refractivity (Wildman–Crippen MR) is 104 cm³/mol. The van der Waals surface area contributed by atoms with E-state index in [2.05, 4.69) is 10.4 Å². The molecule has 1 heterocycles. The van der Waals surface area contributed by atoms with E-state index < -0.39 is 35.6 Å². The highest BCUT2D eigenvalue weighted by Crippen LogP contribution is 2.36. The van der Waals surface area contributed by atoms with Gasteiger partial charge in [0.2, 0.25) is 0 Å². The molecule has 3 aromatic rings. The molecule has 3 rings (SSSR count). The number of esters is 1. The van der Waals surface area contributed by atoms with Crippen molar-refractivity contribution in [3.05, 3.63) is 70.5 Å². The van der Waals surface area contributed by atoms with Gasteiger partial charge in [-0.15, -0.1) is 0 Å². The number of halogens is 7. The molecule has 0 unspecified atom stereocenters. The standard InChI is InChI=1S/C20H12ClF6N3O3/c1-10(31)33-15-8-11(21)2-7-14(15)18(32)28-12-3-5-13(6-4-12)30-17(20(25,26)27)9-16(29-30)19(22,23)24/h2-9H,1H3,(H,28,32). The number of ether oxygens (including phenoxy) is 1. The number of anilines is 1. The van der Waals surface area contributed by atoms with Crippen LogP contribution in [0.5, 0.6) is 5.75 Å². The molecule has 13 heteroatoms. The predicted octanol–water partition coefficient (Wildman–Crippen LogP) is 5.74. The molecule has 0 aliphatic rings. The van der Waals surface area contributed by atoms with E-state index in [1.807, 2.05) is 0 Å². The van der Waals surface area contributed by atoms with E-state index in [1.54, 1.807) is 0 Å². The first-order chi connectivity index (χ1) is 15.3. The average molecular weight is 492 g/mol. The lowest BCUT2D eigenvalue weighted by atomic mass is 10.1. The van der Waals surface area contributed by atoms with Gasteiger partial charge in [0, 0.05) is 29.8 Å². The second-order valence-electron chi connectivity index (χ2n) is 6.56. The number of nitrogens with zero attached hydrogens (tertiary/aromatic N) is 2. The molecule has 2 aromatic carbocycles. The summed E-state index contributed by atoms with van der Waals surface area (Å²) in [6, 6.07) is 8.26. The zero-order valence-corrected chi connectivity index (χ0v) is 17.1. The largest absolute Gasteiger partial charge is 0.435 e. The molecular formula is C20H12ClF6N3O3. The fraction of sp³-hybridized carbons (Fsp3) is 0.150. The Labute approximate surface area is 186 Å². The van der Waals surface area contributed by atoms with Crippen LogP contribution >= 0.6 is 11.6 Å². The van der Waals surface area contributed by atoms with Crippen LogP contribution in [-0.2, 0) is 17.1 Å². The maximum absolute atomic E-state index is 13.2. The molecule has 0 radical (unpaired) electrons. The SMILES string of the molecule is CC(=O)Oc1cc(Cl)ccc1C(=O)Nc1ccc(-n2nc(C(F)(F)F)cc2C(F)(F)F)cc1. The molecule has 0 spiro atoms. The zero-order valence-electron chi connectivity index (χ0n) is 16.4. The van der Waals surface area contributed by atoms with Gasteiger partial charge in [-0.05, 0) is 36.4 Å². The first-order valence-corrected chi connectivity index (χ1v) is 9.27. The smallest absolute Gasteiger partial charge is 0.426 e. The Kier molecular flexibility index (Phi) is 6.41. The summed E-state index contributed by atoms with van der Waals surface area (Å²) in [5, 5.41) is 5.67. The highest BCUT2D eigenvalue weighted by atomic mass is 35.5. The molecule has 0 aliphatic carbocycles. The highest BCUT2D eigenvalue weighted by Gasteiger charge is 2.42. The Morgan fingerprint density at radius 2 is 1.61 bits per heavy atom. The van der Waals surface area contributed by atoms with Crippen LogP contribution < -0.4 is 10.1 Å². The minimum Gasteiger partial charge on any atom is -0.426 e. The van der Waals surface area contributed by atoms with Gasteiger partial charge >= 0.3 is 18.3 Å². The lowest BCUT2D eigenvalue weighted by molar-refractivity contribution is -0.143. The van der Waals surface area contributed by atoms with Gasteiger partial charge in [-0.3, -0.25) is 9.59 Å². The third kappa shape index (κ3) is 5.64. The van der Waals surface area contributed by atoms with E-state index in [-0.39, 0.29) is 38.5 Å². The first kappa shape index (κ1) is 24.1. The third-order valence-corrected chi connectivity index (χ3v) is 4.34. The lowest BCUT2D eigenvalue weighted by Gasteiger charge is -2.12. The van der Waals surface area contributed by atoms with Crippen LogP contribution in [0.3, 0.4) is 0 Å². The van der Waals surface area contributed by atoms with Crippen LogP contribution in [0.2, 0.25) is 5.02 Å². The second kappa shape index (κ2) is 8.77. The molecule has 6 nitrogen and oxygen atoms in total. The number of benzene rings is 2. The van der Waals surface area contributed by atoms with Crippen molar-refractivity contribution in [3.63, 3.8) is 0 Å². The number of carbonyl (C=O) groups excluding carboxylic acids is 2. The molecule has 1 amide bonds. The number of carbonyl (C=O) groups is 2. The van der Waals surface area contributed by atoms with Gasteiger partial charge < -0.3 is 10.1 Å². The van der Waals surface area contributed by atoms with Gasteiger partial charge in [-0.2, -0.15) is 31.4 Å². The summed E-state index contributed by atoms with van der Waals surface area (Å²) in [5.41, 5.74) is -3.58. The summed E-state index contributed by atoms with van der Waals surface area (Å²) in [7, 11) is 0. The quantitative estimate of drug-likeness (QED) is 0.287. The molecule has 1 aromatic heterocycles. The van der Waals surface area contributed by atoms with E-state index in [0.717, 1.165) is 19.1 Å². The molecule has 0 saturated heterocycles. The molecule has 33 heavy (non-hydrogen) atoms. The molecule has 0 bridgehead atoms. The molecule has 0 atom stereocenters. The number of alkyl halides is 6. The van der Waals surface area contributed by atoms with Gasteiger partial charge in [0.25, 0.3) is 5.91 Å². The van der Waals surface area contributed by atoms with Gasteiger partial charge in [0.05, 0.1) is 11.3 Å². The molecule has 1 N–H and O–H groups in total. The van der Waals surface area contributed by atoms with Crippen LogP contribution in [0, 0.1) is 0 Å². The Hall–Kier alpha value is -3.54. The summed E-state index contributed by atoms with van der Waals surface area (Å²) in [6.07, 6.45) is -10.2. The van der Waals surface area contributed by atoms with Crippen molar-refractivity contribution in [1.29, 1.82) is 0 Å². The van der Waals surface area contributed by atoms with E-state index in [0.29, 0.717) is 0 Å². The van der Waals surface area contributed by atoms with Crippen molar-refractivity contribution in [1.82, 2.24) is 9.78 Å². The van der Waals surface area contributed by atoms with Crippen LogP contribution in [-0.4, -0.2) is 21.7 Å². The topological polar surface area (TPSA) is 73.2 Å². The minimum atomic E-state index is -5.09. The zero-order chi connectivity index (χ0) is 24.6. The van der Waals surface area contributed by atoms with Gasteiger partial charge in [-0.1, -0.05) is 11.6 Å². The first-order valence-electron chi connectivity index (χ1n) is 8.90. The van der Waals surface area contributed by atoms with Crippen molar-refractivity contribution >= 4 is 29.2 Å². The summed E-state index contributed by atoms with van der Waals surface area (Å²) in [6.45, 7) is 1.12. The third-order valence-electron chi connectivity index (χ3n) is 4.10. The normalized spacial score (nSPS) is 11.9. The number of amides is 1. The van der Waals surface area contributed by atoms with Crippen LogP contribution in [0.15, 0.2) is 48.5 Å². The van der Waals surface area contributed by atoms with E-state index in [4.69, 9.17) is 16.3 Å². The summed E-state index contributed by atoms with van der Waals surface area (Å²) in [5.74, 6) is -1.55. The number of hydrogen-bond acceptors (Lipinski definition) is 4. The molecular weight excluding hydrogens is 480 g/mol.